The summed E-state index contributed by atoms with van der Waals surface area (Å²) in [7, 11) is 1.92. The van der Waals surface area contributed by atoms with Gasteiger partial charge in [-0.05, 0) is 19.1 Å². The van der Waals surface area contributed by atoms with Crippen molar-refractivity contribution in [2.24, 2.45) is 7.05 Å². The molecule has 0 spiro atoms. The zero-order valence-electron chi connectivity index (χ0n) is 7.61. The molecular weight excluding hydrogens is 164 g/mol. The van der Waals surface area contributed by atoms with Crippen molar-refractivity contribution in [2.45, 2.75) is 6.92 Å². The number of carbonyl (C=O) groups excluding carboxylic acids is 1. The Kier molecular flexibility index (Phi) is 1.65. The van der Waals surface area contributed by atoms with Crippen LogP contribution in [0, 0.1) is 0 Å². The van der Waals surface area contributed by atoms with Crippen molar-refractivity contribution >= 4 is 16.8 Å². The molecule has 0 saturated carbocycles. The summed E-state index contributed by atoms with van der Waals surface area (Å²) in [5.41, 5.74) is 1.60. The van der Waals surface area contributed by atoms with Gasteiger partial charge in [-0.1, -0.05) is 0 Å². The standard InChI is InChI=1S/C10H10N2O/c1-7(13)8-3-5-11-10-9(8)4-6-12(10)2/h3-6H,1-2H3. The molecule has 2 aromatic rings. The Labute approximate surface area is 76.0 Å². The lowest BCUT2D eigenvalue weighted by molar-refractivity contribution is 0.101. The minimum absolute atomic E-state index is 0.0820. The highest BCUT2D eigenvalue weighted by Crippen LogP contribution is 2.17. The molecule has 0 atom stereocenters. The van der Waals surface area contributed by atoms with Crippen LogP contribution in [0.25, 0.3) is 11.0 Å². The van der Waals surface area contributed by atoms with Crippen LogP contribution in [0.5, 0.6) is 0 Å². The smallest absolute Gasteiger partial charge is 0.160 e. The Hall–Kier alpha value is -1.64. The third-order valence-corrected chi connectivity index (χ3v) is 2.15. The third kappa shape index (κ3) is 1.13. The zero-order valence-corrected chi connectivity index (χ0v) is 7.61. The molecule has 3 heteroatoms. The van der Waals surface area contributed by atoms with E-state index in [1.807, 2.05) is 23.9 Å². The predicted molar refractivity (Wildman–Crippen MR) is 50.7 cm³/mol. The lowest BCUT2D eigenvalue weighted by Crippen LogP contribution is -1.95. The van der Waals surface area contributed by atoms with Crippen LogP contribution in [0.2, 0.25) is 0 Å². The summed E-state index contributed by atoms with van der Waals surface area (Å²) in [5, 5.41) is 0.928. The van der Waals surface area contributed by atoms with Crippen LogP contribution in [0.4, 0.5) is 0 Å². The van der Waals surface area contributed by atoms with E-state index in [1.54, 1.807) is 19.2 Å². The maximum Gasteiger partial charge on any atom is 0.160 e. The molecule has 0 aliphatic carbocycles. The first-order chi connectivity index (χ1) is 6.20. The second-order valence-electron chi connectivity index (χ2n) is 3.08. The van der Waals surface area contributed by atoms with E-state index < -0.39 is 0 Å². The average molecular weight is 174 g/mol. The van der Waals surface area contributed by atoms with E-state index in [1.165, 1.54) is 0 Å². The summed E-state index contributed by atoms with van der Waals surface area (Å²) < 4.78 is 1.90. The summed E-state index contributed by atoms with van der Waals surface area (Å²) in [6, 6.07) is 3.67. The van der Waals surface area contributed by atoms with E-state index in [2.05, 4.69) is 4.98 Å². The minimum Gasteiger partial charge on any atom is -0.336 e. The molecule has 0 saturated heterocycles. The van der Waals surface area contributed by atoms with Crippen molar-refractivity contribution in [3.8, 4) is 0 Å². The first-order valence-electron chi connectivity index (χ1n) is 4.11. The summed E-state index contributed by atoms with van der Waals surface area (Å²) in [6.07, 6.45) is 3.57. The molecular formula is C10H10N2O. The SMILES string of the molecule is CC(=O)c1ccnc2c1ccn2C. The van der Waals surface area contributed by atoms with Gasteiger partial charge in [0.15, 0.2) is 5.78 Å². The molecule has 0 radical (unpaired) electrons. The fourth-order valence-electron chi connectivity index (χ4n) is 1.47. The number of aryl methyl sites for hydroxylation is 1. The Morgan fingerprint density at radius 2 is 2.23 bits per heavy atom. The molecule has 0 N–H and O–H groups in total. The number of hydrogen-bond donors (Lipinski definition) is 0. The van der Waals surface area contributed by atoms with Crippen LogP contribution < -0.4 is 0 Å². The number of pyridine rings is 1. The van der Waals surface area contributed by atoms with Crippen LogP contribution in [0.3, 0.4) is 0 Å². The van der Waals surface area contributed by atoms with Crippen molar-refractivity contribution in [1.29, 1.82) is 0 Å². The number of nitrogens with zero attached hydrogens (tertiary/aromatic N) is 2. The quantitative estimate of drug-likeness (QED) is 0.617. The maximum atomic E-state index is 11.2. The largest absolute Gasteiger partial charge is 0.336 e. The molecule has 66 valence electrons. The van der Waals surface area contributed by atoms with Crippen molar-refractivity contribution in [3.63, 3.8) is 0 Å². The van der Waals surface area contributed by atoms with E-state index in [0.29, 0.717) is 0 Å². The molecule has 0 fully saturated rings. The number of rotatable bonds is 1. The van der Waals surface area contributed by atoms with Crippen molar-refractivity contribution in [3.05, 3.63) is 30.1 Å². The Morgan fingerprint density at radius 3 is 2.92 bits per heavy atom. The number of carbonyl (C=O) groups is 1. The van der Waals surface area contributed by atoms with E-state index in [4.69, 9.17) is 0 Å². The summed E-state index contributed by atoms with van der Waals surface area (Å²) in [6.45, 7) is 1.57. The average Bonchev–Trinajstić information content (AvgIpc) is 2.48. The zero-order chi connectivity index (χ0) is 9.42. The predicted octanol–water partition coefficient (Wildman–Crippen LogP) is 1.78. The number of fused-ring (bicyclic) bond motifs is 1. The third-order valence-electron chi connectivity index (χ3n) is 2.15. The first-order valence-corrected chi connectivity index (χ1v) is 4.11. The molecule has 13 heavy (non-hydrogen) atoms. The molecule has 0 aliphatic heterocycles. The molecule has 2 rings (SSSR count). The minimum atomic E-state index is 0.0820. The monoisotopic (exact) mass is 174 g/mol. The van der Waals surface area contributed by atoms with Gasteiger partial charge in [0.25, 0.3) is 0 Å². The van der Waals surface area contributed by atoms with Gasteiger partial charge >= 0.3 is 0 Å². The van der Waals surface area contributed by atoms with Crippen molar-refractivity contribution in [2.75, 3.05) is 0 Å². The summed E-state index contributed by atoms with van der Waals surface area (Å²) in [4.78, 5) is 15.4. The Bertz CT molecular complexity index is 471. The van der Waals surface area contributed by atoms with Crippen LogP contribution in [-0.4, -0.2) is 15.3 Å². The fraction of sp³-hybridized carbons (Fsp3) is 0.200. The van der Waals surface area contributed by atoms with Crippen LogP contribution >= 0.6 is 0 Å². The fourth-order valence-corrected chi connectivity index (χ4v) is 1.47. The number of aromatic nitrogens is 2. The highest BCUT2D eigenvalue weighted by molar-refractivity contribution is 6.05. The van der Waals surface area contributed by atoms with Gasteiger partial charge in [-0.15, -0.1) is 0 Å². The van der Waals surface area contributed by atoms with E-state index in [-0.39, 0.29) is 5.78 Å². The van der Waals surface area contributed by atoms with Gasteiger partial charge in [-0.25, -0.2) is 4.98 Å². The van der Waals surface area contributed by atoms with Gasteiger partial charge in [0, 0.05) is 30.4 Å². The number of ketones is 1. The van der Waals surface area contributed by atoms with Crippen LogP contribution in [-0.2, 0) is 7.05 Å². The number of Topliss-reactive ketones (excluding diaryl/α,β-unsaturated/α-hetero) is 1. The van der Waals surface area contributed by atoms with Crippen molar-refractivity contribution in [1.82, 2.24) is 9.55 Å². The van der Waals surface area contributed by atoms with E-state index in [0.717, 1.165) is 16.6 Å². The summed E-state index contributed by atoms with van der Waals surface area (Å²) in [5.74, 6) is 0.0820. The molecule has 0 unspecified atom stereocenters. The second-order valence-corrected chi connectivity index (χ2v) is 3.08. The van der Waals surface area contributed by atoms with Gasteiger partial charge in [0.2, 0.25) is 0 Å². The maximum absolute atomic E-state index is 11.2. The van der Waals surface area contributed by atoms with Gasteiger partial charge in [0.1, 0.15) is 5.65 Å². The molecule has 0 amide bonds. The molecule has 0 aliphatic rings. The number of hydrogen-bond acceptors (Lipinski definition) is 2. The highest BCUT2D eigenvalue weighted by atomic mass is 16.1. The molecule has 2 aromatic heterocycles. The Morgan fingerprint density at radius 1 is 1.46 bits per heavy atom. The molecule has 0 bridgehead atoms. The van der Waals surface area contributed by atoms with Crippen LogP contribution in [0.15, 0.2) is 24.5 Å². The van der Waals surface area contributed by atoms with E-state index in [9.17, 15) is 4.79 Å². The molecule has 0 aromatic carbocycles. The van der Waals surface area contributed by atoms with Gasteiger partial charge in [-0.3, -0.25) is 4.79 Å². The van der Waals surface area contributed by atoms with Crippen LogP contribution in [0.1, 0.15) is 17.3 Å². The normalized spacial score (nSPS) is 10.6. The highest BCUT2D eigenvalue weighted by Gasteiger charge is 2.07. The molecule has 2 heterocycles. The summed E-state index contributed by atoms with van der Waals surface area (Å²) >= 11 is 0. The van der Waals surface area contributed by atoms with Gasteiger partial charge < -0.3 is 4.57 Å². The second kappa shape index (κ2) is 2.69. The van der Waals surface area contributed by atoms with Gasteiger partial charge in [-0.2, -0.15) is 0 Å². The molecule has 3 nitrogen and oxygen atoms in total. The Balaban J connectivity index is 2.84. The lowest BCUT2D eigenvalue weighted by Gasteiger charge is -1.98. The first kappa shape index (κ1) is 7.98. The lowest BCUT2D eigenvalue weighted by atomic mass is 10.1. The van der Waals surface area contributed by atoms with Gasteiger partial charge in [0.05, 0.1) is 0 Å². The topological polar surface area (TPSA) is 34.9 Å². The van der Waals surface area contributed by atoms with Crippen molar-refractivity contribution < 1.29 is 4.79 Å². The van der Waals surface area contributed by atoms with E-state index >= 15 is 0 Å².